The molecule has 0 saturated carbocycles. The molecule has 0 saturated heterocycles. The Hall–Kier alpha value is -1.81. The Morgan fingerprint density at radius 3 is 2.78 bits per heavy atom. The lowest BCUT2D eigenvalue weighted by molar-refractivity contribution is 0.101. The molecule has 4 heteroatoms. The van der Waals surface area contributed by atoms with Gasteiger partial charge in [-0.25, -0.2) is 0 Å². The smallest absolute Gasteiger partial charge is 0.175 e. The maximum absolute atomic E-state index is 11.3. The SMILES string of the molecule is CC(=O)c1cc2cc(NCCN(C)C)ccc2[nH]1. The Bertz CT molecular complexity index is 557. The molecular weight excluding hydrogens is 226 g/mol. The van der Waals surface area contributed by atoms with E-state index in [9.17, 15) is 4.79 Å². The molecule has 2 rings (SSSR count). The normalized spacial score (nSPS) is 11.1. The fourth-order valence-corrected chi connectivity index (χ4v) is 1.86. The summed E-state index contributed by atoms with van der Waals surface area (Å²) < 4.78 is 0. The molecule has 0 aliphatic rings. The third-order valence-corrected chi connectivity index (χ3v) is 2.89. The average Bonchev–Trinajstić information content (AvgIpc) is 2.71. The van der Waals surface area contributed by atoms with E-state index in [0.29, 0.717) is 5.69 Å². The number of carbonyl (C=O) groups excluding carboxylic acids is 1. The van der Waals surface area contributed by atoms with Crippen molar-refractivity contribution in [2.24, 2.45) is 0 Å². The summed E-state index contributed by atoms with van der Waals surface area (Å²) in [5.41, 5.74) is 2.74. The number of Topliss-reactive ketones (excluding diaryl/α,β-unsaturated/α-hetero) is 1. The molecule has 0 unspecified atom stereocenters. The van der Waals surface area contributed by atoms with Crippen molar-refractivity contribution in [3.05, 3.63) is 30.0 Å². The van der Waals surface area contributed by atoms with Gasteiger partial charge in [0.15, 0.2) is 5.78 Å². The molecule has 0 aliphatic carbocycles. The van der Waals surface area contributed by atoms with Crippen LogP contribution in [0.1, 0.15) is 17.4 Å². The van der Waals surface area contributed by atoms with E-state index in [-0.39, 0.29) is 5.78 Å². The number of fused-ring (bicyclic) bond motifs is 1. The first-order chi connectivity index (χ1) is 8.56. The van der Waals surface area contributed by atoms with E-state index in [1.54, 1.807) is 6.92 Å². The van der Waals surface area contributed by atoms with Crippen LogP contribution in [0.25, 0.3) is 10.9 Å². The second-order valence-corrected chi connectivity index (χ2v) is 4.77. The number of aromatic nitrogens is 1. The summed E-state index contributed by atoms with van der Waals surface area (Å²) in [6.07, 6.45) is 0. The van der Waals surface area contributed by atoms with E-state index in [0.717, 1.165) is 29.7 Å². The van der Waals surface area contributed by atoms with E-state index in [1.165, 1.54) is 0 Å². The molecule has 1 heterocycles. The first-order valence-electron chi connectivity index (χ1n) is 6.08. The highest BCUT2D eigenvalue weighted by molar-refractivity contribution is 5.98. The minimum absolute atomic E-state index is 0.0633. The molecule has 0 atom stereocenters. The van der Waals surface area contributed by atoms with Crippen molar-refractivity contribution in [3.63, 3.8) is 0 Å². The number of nitrogens with one attached hydrogen (secondary N) is 2. The van der Waals surface area contributed by atoms with Crippen LogP contribution in [-0.4, -0.2) is 42.9 Å². The molecule has 96 valence electrons. The van der Waals surface area contributed by atoms with Gasteiger partial charge >= 0.3 is 0 Å². The minimum Gasteiger partial charge on any atom is -0.384 e. The molecule has 1 aromatic carbocycles. The molecule has 18 heavy (non-hydrogen) atoms. The van der Waals surface area contributed by atoms with Crippen LogP contribution in [-0.2, 0) is 0 Å². The number of hydrogen-bond acceptors (Lipinski definition) is 3. The highest BCUT2D eigenvalue weighted by Crippen LogP contribution is 2.20. The van der Waals surface area contributed by atoms with Gasteiger partial charge in [-0.05, 0) is 38.4 Å². The summed E-state index contributed by atoms with van der Waals surface area (Å²) in [5.74, 6) is 0.0633. The topological polar surface area (TPSA) is 48.1 Å². The van der Waals surface area contributed by atoms with Crippen molar-refractivity contribution >= 4 is 22.4 Å². The Kier molecular flexibility index (Phi) is 3.67. The van der Waals surface area contributed by atoms with Gasteiger partial charge in [-0.15, -0.1) is 0 Å². The quantitative estimate of drug-likeness (QED) is 0.795. The Morgan fingerprint density at radius 1 is 1.33 bits per heavy atom. The third-order valence-electron chi connectivity index (χ3n) is 2.89. The summed E-state index contributed by atoms with van der Waals surface area (Å²) in [6, 6.07) is 7.99. The van der Waals surface area contributed by atoms with Crippen molar-refractivity contribution in [1.82, 2.24) is 9.88 Å². The van der Waals surface area contributed by atoms with Crippen LogP contribution in [0.3, 0.4) is 0 Å². The summed E-state index contributed by atoms with van der Waals surface area (Å²) in [7, 11) is 4.10. The highest BCUT2D eigenvalue weighted by Gasteiger charge is 2.05. The number of anilines is 1. The van der Waals surface area contributed by atoms with Crippen LogP contribution in [0.15, 0.2) is 24.3 Å². The lowest BCUT2D eigenvalue weighted by Gasteiger charge is -2.11. The monoisotopic (exact) mass is 245 g/mol. The molecule has 0 radical (unpaired) electrons. The number of carbonyl (C=O) groups is 1. The van der Waals surface area contributed by atoms with Crippen molar-refractivity contribution < 1.29 is 4.79 Å². The van der Waals surface area contributed by atoms with Gasteiger partial charge in [0.25, 0.3) is 0 Å². The van der Waals surface area contributed by atoms with Crippen molar-refractivity contribution in [2.45, 2.75) is 6.92 Å². The van der Waals surface area contributed by atoms with Crippen molar-refractivity contribution in [3.8, 4) is 0 Å². The second kappa shape index (κ2) is 5.23. The van der Waals surface area contributed by atoms with Crippen LogP contribution >= 0.6 is 0 Å². The number of benzene rings is 1. The summed E-state index contributed by atoms with van der Waals surface area (Å²) in [6.45, 7) is 3.47. The predicted molar refractivity (Wildman–Crippen MR) is 75.3 cm³/mol. The maximum atomic E-state index is 11.3. The van der Waals surface area contributed by atoms with Gasteiger partial charge in [-0.3, -0.25) is 4.79 Å². The lowest BCUT2D eigenvalue weighted by Crippen LogP contribution is -2.20. The number of nitrogens with zero attached hydrogens (tertiary/aromatic N) is 1. The molecule has 0 amide bonds. The highest BCUT2D eigenvalue weighted by atomic mass is 16.1. The fourth-order valence-electron chi connectivity index (χ4n) is 1.86. The van der Waals surface area contributed by atoms with Gasteiger partial charge in [0, 0.05) is 36.6 Å². The largest absolute Gasteiger partial charge is 0.384 e. The molecular formula is C14H19N3O. The number of aromatic amines is 1. The number of likely N-dealkylation sites (N-methyl/N-ethyl adjacent to an activating group) is 1. The Balaban J connectivity index is 2.14. The third kappa shape index (κ3) is 2.90. The summed E-state index contributed by atoms with van der Waals surface area (Å²) in [4.78, 5) is 16.5. The lowest BCUT2D eigenvalue weighted by atomic mass is 10.2. The summed E-state index contributed by atoms with van der Waals surface area (Å²) >= 11 is 0. The molecule has 1 aromatic heterocycles. The van der Waals surface area contributed by atoms with Gasteiger partial charge in [-0.1, -0.05) is 0 Å². The Morgan fingerprint density at radius 2 is 2.11 bits per heavy atom. The van der Waals surface area contributed by atoms with Gasteiger partial charge in [0.1, 0.15) is 0 Å². The van der Waals surface area contributed by atoms with Crippen LogP contribution in [0, 0.1) is 0 Å². The number of hydrogen-bond donors (Lipinski definition) is 2. The van der Waals surface area contributed by atoms with E-state index in [1.807, 2.05) is 18.2 Å². The van der Waals surface area contributed by atoms with Crippen molar-refractivity contribution in [2.75, 3.05) is 32.5 Å². The molecule has 2 aromatic rings. The molecule has 0 bridgehead atoms. The number of rotatable bonds is 5. The first-order valence-corrected chi connectivity index (χ1v) is 6.08. The summed E-state index contributed by atoms with van der Waals surface area (Å²) in [5, 5.41) is 4.43. The van der Waals surface area contributed by atoms with Gasteiger partial charge < -0.3 is 15.2 Å². The minimum atomic E-state index is 0.0633. The standard InChI is InChI=1S/C14H19N3O/c1-10(18)14-9-11-8-12(4-5-13(11)16-14)15-6-7-17(2)3/h4-5,8-9,15-16H,6-7H2,1-3H3. The van der Waals surface area contributed by atoms with Crippen LogP contribution in [0.5, 0.6) is 0 Å². The van der Waals surface area contributed by atoms with E-state index >= 15 is 0 Å². The first kappa shape index (κ1) is 12.6. The maximum Gasteiger partial charge on any atom is 0.175 e. The zero-order chi connectivity index (χ0) is 13.1. The van der Waals surface area contributed by atoms with Gasteiger partial charge in [0.05, 0.1) is 5.69 Å². The van der Waals surface area contributed by atoms with Gasteiger partial charge in [-0.2, -0.15) is 0 Å². The second-order valence-electron chi connectivity index (χ2n) is 4.77. The van der Waals surface area contributed by atoms with Crippen LogP contribution < -0.4 is 5.32 Å². The van der Waals surface area contributed by atoms with Crippen LogP contribution in [0.2, 0.25) is 0 Å². The Labute approximate surface area is 107 Å². The van der Waals surface area contributed by atoms with Crippen LogP contribution in [0.4, 0.5) is 5.69 Å². The number of ketones is 1. The zero-order valence-corrected chi connectivity index (χ0v) is 11.1. The molecule has 0 fully saturated rings. The van der Waals surface area contributed by atoms with E-state index < -0.39 is 0 Å². The molecule has 0 spiro atoms. The predicted octanol–water partition coefficient (Wildman–Crippen LogP) is 2.34. The van der Waals surface area contributed by atoms with Crippen molar-refractivity contribution in [1.29, 1.82) is 0 Å². The zero-order valence-electron chi connectivity index (χ0n) is 11.1. The van der Waals surface area contributed by atoms with E-state index in [2.05, 4.69) is 35.4 Å². The molecule has 4 nitrogen and oxygen atoms in total. The van der Waals surface area contributed by atoms with Gasteiger partial charge in [0.2, 0.25) is 0 Å². The molecule has 0 aliphatic heterocycles. The average molecular weight is 245 g/mol. The van der Waals surface area contributed by atoms with E-state index in [4.69, 9.17) is 0 Å². The fraction of sp³-hybridized carbons (Fsp3) is 0.357. The number of H-pyrrole nitrogens is 1. The molecule has 2 N–H and O–H groups in total.